The van der Waals surface area contributed by atoms with Crippen LogP contribution in [0.3, 0.4) is 0 Å². The fraction of sp³-hybridized carbons (Fsp3) is 0.125. The molecule has 0 bridgehead atoms. The summed E-state index contributed by atoms with van der Waals surface area (Å²) in [6.45, 7) is 0. The Hall–Kier alpha value is -1.47. The number of para-hydroxylation sites is 1. The Morgan fingerprint density at radius 1 is 1.14 bits per heavy atom. The number of anilines is 1. The molecule has 21 heavy (non-hydrogen) atoms. The van der Waals surface area contributed by atoms with Gasteiger partial charge >= 0.3 is 0 Å². The van der Waals surface area contributed by atoms with Crippen molar-refractivity contribution in [1.29, 1.82) is 0 Å². The van der Waals surface area contributed by atoms with Crippen molar-refractivity contribution in [2.45, 2.75) is 10.3 Å². The number of rotatable bonds is 4. The molecule has 1 aromatic heterocycles. The van der Waals surface area contributed by atoms with E-state index in [9.17, 15) is 4.79 Å². The van der Waals surface area contributed by atoms with Crippen LogP contribution in [0.4, 0.5) is 5.13 Å². The number of benzene rings is 2. The van der Waals surface area contributed by atoms with Crippen molar-refractivity contribution in [2.75, 3.05) is 5.32 Å². The summed E-state index contributed by atoms with van der Waals surface area (Å²) in [5.41, 5.74) is 2.09. The van der Waals surface area contributed by atoms with Crippen LogP contribution >= 0.6 is 33.9 Å². The van der Waals surface area contributed by atoms with Crippen molar-refractivity contribution in [3.63, 3.8) is 0 Å². The van der Waals surface area contributed by atoms with Gasteiger partial charge in [-0.15, -0.1) is 0 Å². The summed E-state index contributed by atoms with van der Waals surface area (Å²) in [4.78, 5) is 16.7. The van der Waals surface area contributed by atoms with Crippen molar-refractivity contribution in [3.05, 3.63) is 60.2 Å². The lowest BCUT2D eigenvalue weighted by Crippen LogP contribution is -2.24. The minimum absolute atomic E-state index is 0.00138. The van der Waals surface area contributed by atoms with Crippen molar-refractivity contribution in [3.8, 4) is 0 Å². The van der Waals surface area contributed by atoms with Gasteiger partial charge in [0.2, 0.25) is 5.91 Å². The van der Waals surface area contributed by atoms with Gasteiger partial charge in [-0.25, -0.2) is 4.98 Å². The van der Waals surface area contributed by atoms with Gasteiger partial charge < -0.3 is 5.32 Å². The number of hydrogen-bond acceptors (Lipinski definition) is 3. The maximum Gasteiger partial charge on any atom is 0.239 e. The molecule has 0 saturated carbocycles. The summed E-state index contributed by atoms with van der Waals surface area (Å²) in [6.07, 6.45) is 0.720. The molecule has 106 valence electrons. The van der Waals surface area contributed by atoms with E-state index in [0.29, 0.717) is 5.13 Å². The molecule has 0 fully saturated rings. The number of hydrogen-bond donors (Lipinski definition) is 1. The molecule has 1 atom stereocenters. The van der Waals surface area contributed by atoms with Crippen LogP contribution in [0.25, 0.3) is 10.2 Å². The van der Waals surface area contributed by atoms with E-state index in [4.69, 9.17) is 0 Å². The first kappa shape index (κ1) is 14.5. The van der Waals surface area contributed by atoms with Crippen molar-refractivity contribution in [2.24, 2.45) is 0 Å². The molecule has 0 spiro atoms. The molecule has 0 aliphatic rings. The van der Waals surface area contributed by atoms with Crippen LogP contribution in [0.15, 0.2) is 54.6 Å². The van der Waals surface area contributed by atoms with Gasteiger partial charge in [0.1, 0.15) is 0 Å². The van der Waals surface area contributed by atoms with Gasteiger partial charge in [-0.3, -0.25) is 4.79 Å². The zero-order valence-electron chi connectivity index (χ0n) is 11.1. The summed E-state index contributed by atoms with van der Waals surface area (Å²) >= 11 is 3.68. The molecule has 3 rings (SSSR count). The molecule has 1 N–H and O–H groups in total. The zero-order chi connectivity index (χ0) is 14.7. The van der Waals surface area contributed by atoms with E-state index in [2.05, 4.69) is 32.9 Å². The number of aromatic nitrogens is 1. The Labute approximate surface area is 140 Å². The fourth-order valence-electron chi connectivity index (χ4n) is 2.02. The average Bonchev–Trinajstić information content (AvgIpc) is 2.90. The van der Waals surface area contributed by atoms with Crippen LogP contribution in [0.2, 0.25) is 0 Å². The Balaban J connectivity index is 1.68. The second kappa shape index (κ2) is 6.53. The minimum atomic E-state index is -0.114. The highest BCUT2D eigenvalue weighted by molar-refractivity contribution is 14.1. The second-order valence-electron chi connectivity index (χ2n) is 4.63. The van der Waals surface area contributed by atoms with E-state index in [0.717, 1.165) is 22.2 Å². The molecule has 1 amide bonds. The third-order valence-electron chi connectivity index (χ3n) is 3.07. The van der Waals surface area contributed by atoms with E-state index in [-0.39, 0.29) is 9.83 Å². The van der Waals surface area contributed by atoms with Gasteiger partial charge in [-0.1, -0.05) is 76.4 Å². The summed E-state index contributed by atoms with van der Waals surface area (Å²) < 4.78 is 0.970. The minimum Gasteiger partial charge on any atom is -0.301 e. The lowest BCUT2D eigenvalue weighted by atomic mass is 10.1. The van der Waals surface area contributed by atoms with E-state index < -0.39 is 0 Å². The zero-order valence-corrected chi connectivity index (χ0v) is 14.1. The fourth-order valence-corrected chi connectivity index (χ4v) is 3.56. The first-order valence-corrected chi connectivity index (χ1v) is 8.63. The van der Waals surface area contributed by atoms with Crippen LogP contribution in [0.1, 0.15) is 5.56 Å². The normalized spacial score (nSPS) is 12.2. The predicted octanol–water partition coefficient (Wildman–Crippen LogP) is 4.28. The standard InChI is InChI=1S/C16H13IN2OS/c17-12(10-11-6-2-1-3-7-11)15(20)19-16-18-13-8-4-5-9-14(13)21-16/h1-9,12H,10H2,(H,18,19,20). The number of nitrogens with one attached hydrogen (secondary N) is 1. The Morgan fingerprint density at radius 2 is 1.86 bits per heavy atom. The van der Waals surface area contributed by atoms with Gasteiger partial charge in [0.05, 0.1) is 14.1 Å². The smallest absolute Gasteiger partial charge is 0.239 e. The number of carbonyl (C=O) groups is 1. The highest BCUT2D eigenvalue weighted by Crippen LogP contribution is 2.26. The molecule has 1 unspecified atom stereocenters. The number of amides is 1. The topological polar surface area (TPSA) is 42.0 Å². The van der Waals surface area contributed by atoms with E-state index in [1.165, 1.54) is 11.3 Å². The molecule has 3 nitrogen and oxygen atoms in total. The molecule has 5 heteroatoms. The Morgan fingerprint density at radius 3 is 2.62 bits per heavy atom. The molecule has 0 aliphatic carbocycles. The summed E-state index contributed by atoms with van der Waals surface area (Å²) in [5, 5.41) is 3.58. The molecule has 0 aliphatic heterocycles. The molecule has 0 saturated heterocycles. The lowest BCUT2D eigenvalue weighted by Gasteiger charge is -2.09. The highest BCUT2D eigenvalue weighted by atomic mass is 127. The van der Waals surface area contributed by atoms with Crippen LogP contribution in [0.5, 0.6) is 0 Å². The maximum absolute atomic E-state index is 12.2. The molecular weight excluding hydrogens is 395 g/mol. The van der Waals surface area contributed by atoms with Crippen molar-refractivity contribution < 1.29 is 4.79 Å². The van der Waals surface area contributed by atoms with Crippen LogP contribution in [0, 0.1) is 0 Å². The van der Waals surface area contributed by atoms with Gasteiger partial charge in [0, 0.05) is 0 Å². The Bertz CT molecular complexity index is 724. The largest absolute Gasteiger partial charge is 0.301 e. The first-order valence-electron chi connectivity index (χ1n) is 6.57. The number of thiazole rings is 1. The SMILES string of the molecule is O=C(Nc1nc2ccccc2s1)C(I)Cc1ccccc1. The summed E-state index contributed by atoms with van der Waals surface area (Å²) in [7, 11) is 0. The van der Waals surface area contributed by atoms with Gasteiger partial charge in [-0.05, 0) is 24.1 Å². The summed E-state index contributed by atoms with van der Waals surface area (Å²) in [5.74, 6) is -0.00138. The van der Waals surface area contributed by atoms with Gasteiger partial charge in [-0.2, -0.15) is 0 Å². The van der Waals surface area contributed by atoms with Crippen LogP contribution in [-0.2, 0) is 11.2 Å². The first-order chi connectivity index (χ1) is 10.2. The molecule has 2 aromatic carbocycles. The lowest BCUT2D eigenvalue weighted by molar-refractivity contribution is -0.115. The number of carbonyl (C=O) groups excluding carboxylic acids is 1. The van der Waals surface area contributed by atoms with E-state index in [1.54, 1.807) is 0 Å². The molecular formula is C16H13IN2OS. The third kappa shape index (κ3) is 3.59. The van der Waals surface area contributed by atoms with Gasteiger partial charge in [0.25, 0.3) is 0 Å². The van der Waals surface area contributed by atoms with Gasteiger partial charge in [0.15, 0.2) is 5.13 Å². The maximum atomic E-state index is 12.2. The molecule has 0 radical (unpaired) electrons. The second-order valence-corrected chi connectivity index (χ2v) is 7.17. The van der Waals surface area contributed by atoms with E-state index >= 15 is 0 Å². The number of nitrogens with zero attached hydrogens (tertiary/aromatic N) is 1. The van der Waals surface area contributed by atoms with Crippen LogP contribution in [-0.4, -0.2) is 14.8 Å². The average molecular weight is 408 g/mol. The quantitative estimate of drug-likeness (QED) is 0.517. The van der Waals surface area contributed by atoms with Crippen molar-refractivity contribution >= 4 is 55.2 Å². The highest BCUT2D eigenvalue weighted by Gasteiger charge is 2.17. The number of fused-ring (bicyclic) bond motifs is 1. The number of halogens is 1. The Kier molecular flexibility index (Phi) is 4.50. The third-order valence-corrected chi connectivity index (χ3v) is 5.02. The molecule has 3 aromatic rings. The monoisotopic (exact) mass is 408 g/mol. The summed E-state index contributed by atoms with van der Waals surface area (Å²) in [6, 6.07) is 17.9. The van der Waals surface area contributed by atoms with Crippen LogP contribution < -0.4 is 5.32 Å². The number of alkyl halides is 1. The predicted molar refractivity (Wildman–Crippen MR) is 96.2 cm³/mol. The van der Waals surface area contributed by atoms with E-state index in [1.807, 2.05) is 54.6 Å². The van der Waals surface area contributed by atoms with Crippen molar-refractivity contribution in [1.82, 2.24) is 4.98 Å². The molecule has 1 heterocycles.